The highest BCUT2D eigenvalue weighted by atomic mass is 16.5. The average molecular weight is 382 g/mol. The third-order valence-corrected chi connectivity index (χ3v) is 5.62. The molecule has 2 saturated heterocycles. The fraction of sp³-hybridized carbons (Fsp3) is 0.476. The predicted molar refractivity (Wildman–Crippen MR) is 105 cm³/mol. The van der Waals surface area contributed by atoms with E-state index in [4.69, 9.17) is 4.74 Å². The van der Waals surface area contributed by atoms with Crippen molar-refractivity contribution in [1.29, 1.82) is 0 Å². The Balaban J connectivity index is 1.36. The molecule has 7 heteroatoms. The zero-order valence-electron chi connectivity index (χ0n) is 16.1. The lowest BCUT2D eigenvalue weighted by Crippen LogP contribution is -2.39. The van der Waals surface area contributed by atoms with E-state index in [-0.39, 0.29) is 23.8 Å². The van der Waals surface area contributed by atoms with Crippen molar-refractivity contribution in [1.82, 2.24) is 14.7 Å². The molecule has 1 aromatic carbocycles. The van der Waals surface area contributed by atoms with Crippen LogP contribution >= 0.6 is 0 Å². The number of rotatable bonds is 4. The molecule has 3 heterocycles. The van der Waals surface area contributed by atoms with E-state index in [1.54, 1.807) is 6.20 Å². The number of aromatic nitrogens is 2. The topological polar surface area (TPSA) is 76.5 Å². The Morgan fingerprint density at radius 1 is 1.11 bits per heavy atom. The molecule has 1 aromatic heterocycles. The molecular formula is C21H26N4O3. The van der Waals surface area contributed by atoms with Crippen LogP contribution in [0.3, 0.4) is 0 Å². The highest BCUT2D eigenvalue weighted by Crippen LogP contribution is 2.27. The third kappa shape index (κ3) is 3.94. The Kier molecular flexibility index (Phi) is 5.43. The standard InChI is InChI=1S/C21H26N4O3/c1-15-2-4-16(5-3-15)21(27)24-11-7-18(8-12-24)25-19(6-10-22-25)23-20(26)17-9-13-28-14-17/h2-6,10,17-18H,7-9,11-14H2,1H3,(H,23,26)/t17-/m1/s1. The number of hydrogen-bond donors (Lipinski definition) is 1. The summed E-state index contributed by atoms with van der Waals surface area (Å²) in [5.74, 6) is 0.706. The number of benzene rings is 1. The molecule has 0 bridgehead atoms. The van der Waals surface area contributed by atoms with Crippen LogP contribution in [-0.4, -0.2) is 52.8 Å². The number of carbonyl (C=O) groups excluding carboxylic acids is 2. The van der Waals surface area contributed by atoms with Crippen LogP contribution in [0.1, 0.15) is 41.2 Å². The van der Waals surface area contributed by atoms with Crippen LogP contribution in [0.5, 0.6) is 0 Å². The van der Waals surface area contributed by atoms with Gasteiger partial charge in [-0.1, -0.05) is 17.7 Å². The highest BCUT2D eigenvalue weighted by Gasteiger charge is 2.28. The zero-order valence-corrected chi connectivity index (χ0v) is 16.1. The summed E-state index contributed by atoms with van der Waals surface area (Å²) in [5, 5.41) is 7.42. The van der Waals surface area contributed by atoms with E-state index >= 15 is 0 Å². The Hall–Kier alpha value is -2.67. The van der Waals surface area contributed by atoms with Crippen LogP contribution in [0.25, 0.3) is 0 Å². The number of carbonyl (C=O) groups is 2. The van der Waals surface area contributed by atoms with Crippen LogP contribution in [0.2, 0.25) is 0 Å². The maximum Gasteiger partial charge on any atom is 0.253 e. The Morgan fingerprint density at radius 2 is 1.86 bits per heavy atom. The summed E-state index contributed by atoms with van der Waals surface area (Å²) < 4.78 is 7.19. The minimum atomic E-state index is -0.0858. The van der Waals surface area contributed by atoms with Crippen molar-refractivity contribution >= 4 is 17.6 Å². The maximum absolute atomic E-state index is 12.7. The van der Waals surface area contributed by atoms with E-state index in [9.17, 15) is 9.59 Å². The first-order valence-electron chi connectivity index (χ1n) is 9.90. The van der Waals surface area contributed by atoms with Gasteiger partial charge < -0.3 is 15.0 Å². The first-order valence-corrected chi connectivity index (χ1v) is 9.90. The molecule has 7 nitrogen and oxygen atoms in total. The van der Waals surface area contributed by atoms with Crippen molar-refractivity contribution < 1.29 is 14.3 Å². The number of nitrogens with one attached hydrogen (secondary N) is 1. The molecule has 1 atom stereocenters. The fourth-order valence-corrected chi connectivity index (χ4v) is 3.87. The minimum Gasteiger partial charge on any atom is -0.381 e. The smallest absolute Gasteiger partial charge is 0.253 e. The van der Waals surface area contributed by atoms with Gasteiger partial charge in [-0.3, -0.25) is 9.59 Å². The molecule has 4 rings (SSSR count). The van der Waals surface area contributed by atoms with Crippen LogP contribution < -0.4 is 5.32 Å². The summed E-state index contributed by atoms with van der Waals surface area (Å²) in [6.07, 6.45) is 4.10. The lowest BCUT2D eigenvalue weighted by Gasteiger charge is -2.33. The number of hydrogen-bond acceptors (Lipinski definition) is 4. The molecular weight excluding hydrogens is 356 g/mol. The first kappa shape index (κ1) is 18.7. The number of amides is 2. The molecule has 2 aliphatic rings. The van der Waals surface area contributed by atoms with E-state index in [1.807, 2.05) is 46.8 Å². The predicted octanol–water partition coefficient (Wildman–Crippen LogP) is 2.64. The molecule has 2 amide bonds. The van der Waals surface area contributed by atoms with E-state index in [1.165, 1.54) is 0 Å². The Morgan fingerprint density at radius 3 is 2.54 bits per heavy atom. The number of nitrogens with zero attached hydrogens (tertiary/aromatic N) is 3. The first-order chi connectivity index (χ1) is 13.6. The average Bonchev–Trinajstić information content (AvgIpc) is 3.40. The van der Waals surface area contributed by atoms with Gasteiger partial charge in [-0.15, -0.1) is 0 Å². The van der Waals surface area contributed by atoms with E-state index in [2.05, 4.69) is 10.4 Å². The number of piperidine rings is 1. The molecule has 0 aliphatic carbocycles. The number of likely N-dealkylation sites (tertiary alicyclic amines) is 1. The molecule has 148 valence electrons. The van der Waals surface area contributed by atoms with Crippen molar-refractivity contribution in [3.63, 3.8) is 0 Å². The maximum atomic E-state index is 12.7. The van der Waals surface area contributed by atoms with Crippen LogP contribution in [0.15, 0.2) is 36.5 Å². The molecule has 28 heavy (non-hydrogen) atoms. The molecule has 0 radical (unpaired) electrons. The van der Waals surface area contributed by atoms with Crippen LogP contribution in [0, 0.1) is 12.8 Å². The van der Waals surface area contributed by atoms with Gasteiger partial charge in [0.05, 0.1) is 24.8 Å². The van der Waals surface area contributed by atoms with Gasteiger partial charge in [-0.25, -0.2) is 4.68 Å². The summed E-state index contributed by atoms with van der Waals surface area (Å²) in [5.41, 5.74) is 1.88. The number of ether oxygens (including phenoxy) is 1. The molecule has 0 saturated carbocycles. The van der Waals surface area contributed by atoms with Gasteiger partial charge in [0.15, 0.2) is 0 Å². The van der Waals surface area contributed by atoms with Gasteiger partial charge in [0.1, 0.15) is 5.82 Å². The second-order valence-electron chi connectivity index (χ2n) is 7.60. The molecule has 1 N–H and O–H groups in total. The van der Waals surface area contributed by atoms with Gasteiger partial charge in [0.25, 0.3) is 5.91 Å². The summed E-state index contributed by atoms with van der Waals surface area (Å²) in [6, 6.07) is 9.71. The molecule has 0 spiro atoms. The van der Waals surface area contributed by atoms with Gasteiger partial charge in [-0.2, -0.15) is 5.10 Å². The lowest BCUT2D eigenvalue weighted by atomic mass is 10.0. The van der Waals surface area contributed by atoms with E-state index in [0.717, 1.165) is 36.2 Å². The Labute approximate surface area is 164 Å². The van der Waals surface area contributed by atoms with Crippen LogP contribution in [-0.2, 0) is 9.53 Å². The van der Waals surface area contributed by atoms with E-state index < -0.39 is 0 Å². The number of anilines is 1. The largest absolute Gasteiger partial charge is 0.381 e. The summed E-state index contributed by atoms with van der Waals surface area (Å²) in [4.78, 5) is 27.0. The monoisotopic (exact) mass is 382 g/mol. The third-order valence-electron chi connectivity index (χ3n) is 5.62. The SMILES string of the molecule is Cc1ccc(C(=O)N2CCC(n3nccc3NC(=O)[C@@H]3CCOC3)CC2)cc1. The summed E-state index contributed by atoms with van der Waals surface area (Å²) in [7, 11) is 0. The second kappa shape index (κ2) is 8.14. The van der Waals surface area contributed by atoms with Crippen molar-refractivity contribution in [3.05, 3.63) is 47.7 Å². The zero-order chi connectivity index (χ0) is 19.5. The lowest BCUT2D eigenvalue weighted by molar-refractivity contribution is -0.119. The van der Waals surface area contributed by atoms with Crippen molar-refractivity contribution in [2.24, 2.45) is 5.92 Å². The minimum absolute atomic E-state index is 0.00812. The van der Waals surface area contributed by atoms with E-state index in [0.29, 0.717) is 26.3 Å². The van der Waals surface area contributed by atoms with Crippen molar-refractivity contribution in [2.45, 2.75) is 32.2 Å². The molecule has 0 unspecified atom stereocenters. The molecule has 2 fully saturated rings. The highest BCUT2D eigenvalue weighted by molar-refractivity contribution is 5.94. The second-order valence-corrected chi connectivity index (χ2v) is 7.60. The molecule has 2 aromatic rings. The van der Waals surface area contributed by atoms with Gasteiger partial charge in [0.2, 0.25) is 5.91 Å². The fourth-order valence-electron chi connectivity index (χ4n) is 3.87. The molecule has 2 aliphatic heterocycles. The number of aryl methyl sites for hydroxylation is 1. The van der Waals surface area contributed by atoms with Gasteiger partial charge in [0, 0.05) is 31.3 Å². The van der Waals surface area contributed by atoms with Crippen molar-refractivity contribution in [3.8, 4) is 0 Å². The quantitative estimate of drug-likeness (QED) is 0.882. The van der Waals surface area contributed by atoms with Gasteiger partial charge >= 0.3 is 0 Å². The Bertz CT molecular complexity index is 832. The normalized spacial score (nSPS) is 20.3. The van der Waals surface area contributed by atoms with Gasteiger partial charge in [-0.05, 0) is 38.3 Å². The van der Waals surface area contributed by atoms with Crippen molar-refractivity contribution in [2.75, 3.05) is 31.6 Å². The summed E-state index contributed by atoms with van der Waals surface area (Å²) in [6.45, 7) is 4.51. The summed E-state index contributed by atoms with van der Waals surface area (Å²) >= 11 is 0. The van der Waals surface area contributed by atoms with Crippen LogP contribution in [0.4, 0.5) is 5.82 Å².